The lowest BCUT2D eigenvalue weighted by Crippen LogP contribution is -2.48. The van der Waals surface area contributed by atoms with E-state index in [2.05, 4.69) is 20.2 Å². The average molecular weight is 489 g/mol. The minimum absolute atomic E-state index is 0.0571. The Morgan fingerprint density at radius 3 is 2.44 bits per heavy atom. The maximum absolute atomic E-state index is 12.4. The van der Waals surface area contributed by atoms with E-state index in [0.717, 1.165) is 5.56 Å². The van der Waals surface area contributed by atoms with Gasteiger partial charge in [-0.25, -0.2) is 13.4 Å². The minimum atomic E-state index is -4.07. The number of guanidine groups is 1. The van der Waals surface area contributed by atoms with Gasteiger partial charge in [0.25, 0.3) is 0 Å². The van der Waals surface area contributed by atoms with Crippen molar-refractivity contribution in [2.24, 2.45) is 21.6 Å². The molecule has 2 aromatic rings. The van der Waals surface area contributed by atoms with Crippen LogP contribution >= 0.6 is 0 Å². The first-order valence-corrected chi connectivity index (χ1v) is 11.6. The lowest BCUT2D eigenvalue weighted by Gasteiger charge is -2.16. The molecule has 0 saturated carbocycles. The standard InChI is InChI=1S/C21H24N6O6S/c22-21(23)25-14-8-6-13(7-9-14)17-10-15(33-26-17)11-19(28)24-12-18(20(29)30)27-34(31,32)16-4-2-1-3-5-16/h1-9,15,18,27H,10-12H2,(H,24,28)(H,29,30)(H4,22,23,25)/t15-,18+/m1/s1. The number of nitrogens with one attached hydrogen (secondary N) is 2. The molecular weight excluding hydrogens is 464 g/mol. The van der Waals surface area contributed by atoms with Crippen molar-refractivity contribution in [2.45, 2.75) is 29.9 Å². The predicted octanol–water partition coefficient (Wildman–Crippen LogP) is 0.0225. The van der Waals surface area contributed by atoms with Crippen LogP contribution in [0.2, 0.25) is 0 Å². The number of hydrogen-bond acceptors (Lipinski definition) is 7. The average Bonchev–Trinajstić information content (AvgIpc) is 3.25. The molecule has 2 atom stereocenters. The van der Waals surface area contributed by atoms with E-state index < -0.39 is 40.6 Å². The number of amides is 1. The van der Waals surface area contributed by atoms with Crippen LogP contribution < -0.4 is 21.5 Å². The summed E-state index contributed by atoms with van der Waals surface area (Å²) in [5.74, 6) is -1.99. The van der Waals surface area contributed by atoms with Crippen LogP contribution in [-0.2, 0) is 24.4 Å². The van der Waals surface area contributed by atoms with Crippen LogP contribution in [0.15, 0.2) is 69.6 Å². The molecule has 1 aliphatic heterocycles. The highest BCUT2D eigenvalue weighted by molar-refractivity contribution is 7.89. The maximum Gasteiger partial charge on any atom is 0.323 e. The number of sulfonamides is 1. The lowest BCUT2D eigenvalue weighted by atomic mass is 10.0. The Balaban J connectivity index is 1.50. The highest BCUT2D eigenvalue weighted by Crippen LogP contribution is 2.21. The molecule has 0 saturated heterocycles. The van der Waals surface area contributed by atoms with Crippen LogP contribution in [0, 0.1) is 0 Å². The summed E-state index contributed by atoms with van der Waals surface area (Å²) in [6.07, 6.45) is -0.272. The molecule has 0 unspecified atom stereocenters. The summed E-state index contributed by atoms with van der Waals surface area (Å²) in [5.41, 5.74) is 12.7. The number of hydrogen-bond donors (Lipinski definition) is 5. The quantitative estimate of drug-likeness (QED) is 0.228. The summed E-state index contributed by atoms with van der Waals surface area (Å²) in [7, 11) is -4.07. The molecule has 0 aromatic heterocycles. The van der Waals surface area contributed by atoms with E-state index in [9.17, 15) is 23.1 Å². The zero-order chi connectivity index (χ0) is 24.7. The lowest BCUT2D eigenvalue weighted by molar-refractivity contribution is -0.138. The third kappa shape index (κ3) is 6.76. The largest absolute Gasteiger partial charge is 0.480 e. The number of oxime groups is 1. The second-order valence-corrected chi connectivity index (χ2v) is 9.10. The molecule has 3 rings (SSSR count). The summed E-state index contributed by atoms with van der Waals surface area (Å²) >= 11 is 0. The number of aliphatic carboxylic acids is 1. The van der Waals surface area contributed by atoms with Crippen LogP contribution in [0.4, 0.5) is 5.69 Å². The van der Waals surface area contributed by atoms with Crippen molar-refractivity contribution >= 4 is 39.3 Å². The van der Waals surface area contributed by atoms with Gasteiger partial charge in [0.15, 0.2) is 5.96 Å². The van der Waals surface area contributed by atoms with Gasteiger partial charge in [-0.2, -0.15) is 4.72 Å². The van der Waals surface area contributed by atoms with E-state index in [-0.39, 0.29) is 17.3 Å². The van der Waals surface area contributed by atoms with Crippen molar-refractivity contribution < 1.29 is 28.0 Å². The van der Waals surface area contributed by atoms with Crippen molar-refractivity contribution in [2.75, 3.05) is 6.54 Å². The van der Waals surface area contributed by atoms with Gasteiger partial charge in [0, 0.05) is 13.0 Å². The summed E-state index contributed by atoms with van der Waals surface area (Å²) in [5, 5.41) is 15.8. The van der Waals surface area contributed by atoms with Crippen molar-refractivity contribution in [3.8, 4) is 0 Å². The first-order chi connectivity index (χ1) is 16.1. The van der Waals surface area contributed by atoms with E-state index in [0.29, 0.717) is 17.8 Å². The Bertz CT molecular complexity index is 1190. The fourth-order valence-electron chi connectivity index (χ4n) is 3.11. The van der Waals surface area contributed by atoms with Gasteiger partial charge in [0.1, 0.15) is 12.1 Å². The Labute approximate surface area is 195 Å². The number of nitrogens with two attached hydrogens (primary N) is 2. The summed E-state index contributed by atoms with van der Waals surface area (Å²) in [6.45, 7) is -0.438. The number of carbonyl (C=O) groups is 2. The Morgan fingerprint density at radius 1 is 1.15 bits per heavy atom. The van der Waals surface area contributed by atoms with Crippen molar-refractivity contribution in [1.82, 2.24) is 10.0 Å². The van der Waals surface area contributed by atoms with Gasteiger partial charge < -0.3 is 26.7 Å². The molecule has 7 N–H and O–H groups in total. The number of rotatable bonds is 10. The second kappa shape index (κ2) is 10.8. The first kappa shape index (κ1) is 24.7. The zero-order valence-corrected chi connectivity index (χ0v) is 18.7. The van der Waals surface area contributed by atoms with E-state index in [4.69, 9.17) is 16.3 Å². The fourth-order valence-corrected chi connectivity index (χ4v) is 4.33. The first-order valence-electron chi connectivity index (χ1n) is 10.1. The molecular formula is C21H24N6O6S. The van der Waals surface area contributed by atoms with E-state index >= 15 is 0 Å². The normalized spacial score (nSPS) is 16.1. The maximum atomic E-state index is 12.4. The summed E-state index contributed by atoms with van der Waals surface area (Å²) in [4.78, 5) is 33.0. The van der Waals surface area contributed by atoms with Gasteiger partial charge in [0.05, 0.1) is 22.7 Å². The molecule has 0 radical (unpaired) electrons. The molecule has 0 fully saturated rings. The molecule has 34 heavy (non-hydrogen) atoms. The van der Waals surface area contributed by atoms with Crippen LogP contribution in [0.3, 0.4) is 0 Å². The number of carboxylic acid groups (broad SMARTS) is 1. The fraction of sp³-hybridized carbons (Fsp3) is 0.238. The number of benzene rings is 2. The Morgan fingerprint density at radius 2 is 1.82 bits per heavy atom. The van der Waals surface area contributed by atoms with Crippen molar-refractivity contribution in [1.29, 1.82) is 0 Å². The molecule has 0 aliphatic carbocycles. The second-order valence-electron chi connectivity index (χ2n) is 7.39. The van der Waals surface area contributed by atoms with E-state index in [1.54, 1.807) is 30.3 Å². The molecule has 13 heteroatoms. The number of aliphatic imine (C=N–C) groups is 1. The van der Waals surface area contributed by atoms with Gasteiger partial charge in [-0.05, 0) is 29.8 Å². The minimum Gasteiger partial charge on any atom is -0.480 e. The highest BCUT2D eigenvalue weighted by Gasteiger charge is 2.28. The highest BCUT2D eigenvalue weighted by atomic mass is 32.2. The predicted molar refractivity (Wildman–Crippen MR) is 124 cm³/mol. The smallest absolute Gasteiger partial charge is 0.323 e. The van der Waals surface area contributed by atoms with Crippen molar-refractivity contribution in [3.05, 3.63) is 60.2 Å². The third-order valence-corrected chi connectivity index (χ3v) is 6.24. The third-order valence-electron chi connectivity index (χ3n) is 4.76. The van der Waals surface area contributed by atoms with E-state index in [1.807, 2.05) is 0 Å². The number of carbonyl (C=O) groups excluding carboxylic acids is 1. The molecule has 0 bridgehead atoms. The molecule has 180 valence electrons. The van der Waals surface area contributed by atoms with Crippen molar-refractivity contribution in [3.63, 3.8) is 0 Å². The Kier molecular flexibility index (Phi) is 7.81. The summed E-state index contributed by atoms with van der Waals surface area (Å²) < 4.78 is 26.8. The molecule has 1 amide bonds. The van der Waals surface area contributed by atoms with Gasteiger partial charge in [-0.3, -0.25) is 9.59 Å². The number of nitrogens with zero attached hydrogens (tertiary/aromatic N) is 2. The summed E-state index contributed by atoms with van der Waals surface area (Å²) in [6, 6.07) is 12.7. The van der Waals surface area contributed by atoms with Crippen LogP contribution in [0.5, 0.6) is 0 Å². The van der Waals surface area contributed by atoms with E-state index in [1.165, 1.54) is 24.3 Å². The van der Waals surface area contributed by atoms with Crippen LogP contribution in [0.1, 0.15) is 18.4 Å². The SMILES string of the molecule is NC(N)=Nc1ccc(C2=NO[C@@H](CC(=O)NC[C@H](NS(=O)(=O)c3ccccc3)C(=O)O)C2)cc1. The Hall–Kier alpha value is -3.97. The zero-order valence-electron chi connectivity index (χ0n) is 17.9. The molecule has 2 aromatic carbocycles. The monoisotopic (exact) mass is 488 g/mol. The number of carboxylic acids is 1. The molecule has 12 nitrogen and oxygen atoms in total. The van der Waals surface area contributed by atoms with Crippen LogP contribution in [0.25, 0.3) is 0 Å². The molecule has 1 heterocycles. The van der Waals surface area contributed by atoms with Gasteiger partial charge in [-0.1, -0.05) is 35.5 Å². The molecule has 0 spiro atoms. The van der Waals surface area contributed by atoms with Gasteiger partial charge >= 0.3 is 5.97 Å². The molecule has 1 aliphatic rings. The topological polar surface area (TPSA) is 199 Å². The van der Waals surface area contributed by atoms with Gasteiger partial charge in [-0.15, -0.1) is 0 Å². The van der Waals surface area contributed by atoms with Gasteiger partial charge in [0.2, 0.25) is 15.9 Å². The van der Waals surface area contributed by atoms with Crippen LogP contribution in [-0.4, -0.2) is 55.8 Å².